The Bertz CT molecular complexity index is 421. The molecule has 0 fully saturated rings. The third kappa shape index (κ3) is 3.92. The van der Waals surface area contributed by atoms with Crippen LogP contribution in [-0.2, 0) is 4.79 Å². The number of rotatable bonds is 6. The van der Waals surface area contributed by atoms with E-state index in [4.69, 9.17) is 15.6 Å². The van der Waals surface area contributed by atoms with Crippen molar-refractivity contribution in [2.75, 3.05) is 25.6 Å². The van der Waals surface area contributed by atoms with E-state index < -0.39 is 5.97 Å². The smallest absolute Gasteiger partial charge is 0.304 e. The van der Waals surface area contributed by atoms with Crippen molar-refractivity contribution in [2.24, 2.45) is 5.73 Å². The summed E-state index contributed by atoms with van der Waals surface area (Å²) in [5.41, 5.74) is 7.79. The molecule has 18 heavy (non-hydrogen) atoms. The highest BCUT2D eigenvalue weighted by atomic mass is 16.5. The SMILES string of the molecule is COc1ccc(N(C)CC(N)CC(=O)O)cc1C. The molecule has 0 spiro atoms. The topological polar surface area (TPSA) is 75.8 Å². The van der Waals surface area contributed by atoms with E-state index in [1.54, 1.807) is 7.11 Å². The third-order valence-electron chi connectivity index (χ3n) is 2.76. The number of benzene rings is 1. The zero-order valence-electron chi connectivity index (χ0n) is 11.0. The van der Waals surface area contributed by atoms with E-state index in [2.05, 4.69) is 0 Å². The number of likely N-dealkylation sites (N-methyl/N-ethyl adjacent to an activating group) is 1. The van der Waals surface area contributed by atoms with Gasteiger partial charge in [-0.1, -0.05) is 0 Å². The van der Waals surface area contributed by atoms with Crippen molar-refractivity contribution in [2.45, 2.75) is 19.4 Å². The van der Waals surface area contributed by atoms with E-state index in [0.29, 0.717) is 6.54 Å². The Kier molecular flexibility index (Phi) is 4.97. The Morgan fingerprint density at radius 1 is 1.56 bits per heavy atom. The van der Waals surface area contributed by atoms with Crippen molar-refractivity contribution in [1.82, 2.24) is 0 Å². The zero-order chi connectivity index (χ0) is 13.7. The highest BCUT2D eigenvalue weighted by molar-refractivity contribution is 5.67. The van der Waals surface area contributed by atoms with Gasteiger partial charge in [0.1, 0.15) is 5.75 Å². The zero-order valence-corrected chi connectivity index (χ0v) is 11.0. The number of ether oxygens (including phenoxy) is 1. The van der Waals surface area contributed by atoms with Gasteiger partial charge in [-0.05, 0) is 30.7 Å². The molecule has 0 aromatic heterocycles. The van der Waals surface area contributed by atoms with Gasteiger partial charge in [0.15, 0.2) is 0 Å². The molecule has 5 nitrogen and oxygen atoms in total. The normalized spacial score (nSPS) is 12.0. The summed E-state index contributed by atoms with van der Waals surface area (Å²) in [5, 5.41) is 8.66. The molecule has 0 heterocycles. The van der Waals surface area contributed by atoms with Crippen LogP contribution in [0, 0.1) is 6.92 Å². The third-order valence-corrected chi connectivity index (χ3v) is 2.76. The Labute approximate surface area is 107 Å². The molecular weight excluding hydrogens is 232 g/mol. The number of hydrogen-bond donors (Lipinski definition) is 2. The summed E-state index contributed by atoms with van der Waals surface area (Å²) in [6, 6.07) is 5.44. The molecule has 0 aliphatic carbocycles. The van der Waals surface area contributed by atoms with E-state index in [0.717, 1.165) is 17.0 Å². The van der Waals surface area contributed by atoms with E-state index in [1.807, 2.05) is 37.1 Å². The Hall–Kier alpha value is -1.75. The molecule has 100 valence electrons. The summed E-state index contributed by atoms with van der Waals surface area (Å²) in [5.74, 6) is -0.0382. The van der Waals surface area contributed by atoms with Crippen molar-refractivity contribution in [1.29, 1.82) is 0 Å². The van der Waals surface area contributed by atoms with Gasteiger partial charge in [-0.2, -0.15) is 0 Å². The molecule has 0 bridgehead atoms. The van der Waals surface area contributed by atoms with Gasteiger partial charge in [0.2, 0.25) is 0 Å². The van der Waals surface area contributed by atoms with Gasteiger partial charge in [-0.15, -0.1) is 0 Å². The highest BCUT2D eigenvalue weighted by Crippen LogP contribution is 2.23. The molecule has 0 saturated heterocycles. The molecule has 0 amide bonds. The quantitative estimate of drug-likeness (QED) is 0.796. The predicted octanol–water partition coefficient (Wildman–Crippen LogP) is 1.24. The molecule has 3 N–H and O–H groups in total. The number of carboxylic acids is 1. The Morgan fingerprint density at radius 3 is 2.72 bits per heavy atom. The van der Waals surface area contributed by atoms with E-state index in [9.17, 15) is 4.79 Å². The summed E-state index contributed by atoms with van der Waals surface area (Å²) in [6.07, 6.45) is -0.0283. The lowest BCUT2D eigenvalue weighted by Gasteiger charge is -2.23. The summed E-state index contributed by atoms with van der Waals surface area (Å²) in [7, 11) is 3.53. The monoisotopic (exact) mass is 252 g/mol. The number of nitrogens with zero attached hydrogens (tertiary/aromatic N) is 1. The molecule has 1 aromatic rings. The van der Waals surface area contributed by atoms with Crippen LogP contribution in [0.4, 0.5) is 5.69 Å². The molecule has 1 unspecified atom stereocenters. The highest BCUT2D eigenvalue weighted by Gasteiger charge is 2.12. The Balaban J connectivity index is 2.69. The van der Waals surface area contributed by atoms with Crippen LogP contribution in [0.2, 0.25) is 0 Å². The van der Waals surface area contributed by atoms with Crippen molar-refractivity contribution >= 4 is 11.7 Å². The van der Waals surface area contributed by atoms with Gasteiger partial charge in [0, 0.05) is 25.3 Å². The largest absolute Gasteiger partial charge is 0.496 e. The number of nitrogens with two attached hydrogens (primary N) is 1. The summed E-state index contributed by atoms with van der Waals surface area (Å²) < 4.78 is 5.19. The van der Waals surface area contributed by atoms with Gasteiger partial charge in [0.25, 0.3) is 0 Å². The van der Waals surface area contributed by atoms with E-state index >= 15 is 0 Å². The average Bonchev–Trinajstić information content (AvgIpc) is 2.27. The van der Waals surface area contributed by atoms with E-state index in [-0.39, 0.29) is 12.5 Å². The molecule has 0 radical (unpaired) electrons. The van der Waals surface area contributed by atoms with Crippen LogP contribution in [0.3, 0.4) is 0 Å². The number of hydrogen-bond acceptors (Lipinski definition) is 4. The number of aryl methyl sites for hydroxylation is 1. The van der Waals surface area contributed by atoms with Gasteiger partial charge in [-0.3, -0.25) is 4.79 Å². The van der Waals surface area contributed by atoms with Crippen molar-refractivity contribution in [3.05, 3.63) is 23.8 Å². The number of carboxylic acid groups (broad SMARTS) is 1. The first-order chi connectivity index (χ1) is 8.43. The second-order valence-corrected chi connectivity index (χ2v) is 4.39. The fraction of sp³-hybridized carbons (Fsp3) is 0.462. The lowest BCUT2D eigenvalue weighted by Crippen LogP contribution is -2.36. The Morgan fingerprint density at radius 2 is 2.22 bits per heavy atom. The number of aliphatic carboxylic acids is 1. The van der Waals surface area contributed by atoms with Crippen LogP contribution in [0.25, 0.3) is 0 Å². The summed E-state index contributed by atoms with van der Waals surface area (Å²) >= 11 is 0. The summed E-state index contributed by atoms with van der Waals surface area (Å²) in [4.78, 5) is 12.5. The van der Waals surface area contributed by atoms with Crippen LogP contribution in [-0.4, -0.2) is 37.8 Å². The standard InChI is InChI=1S/C13H20N2O3/c1-9-6-11(4-5-12(9)18-3)15(2)8-10(14)7-13(16)17/h4-6,10H,7-8,14H2,1-3H3,(H,16,17). The molecule has 0 aliphatic heterocycles. The fourth-order valence-corrected chi connectivity index (χ4v) is 1.85. The van der Waals surface area contributed by atoms with Gasteiger partial charge < -0.3 is 20.5 Å². The van der Waals surface area contributed by atoms with Crippen LogP contribution in [0.1, 0.15) is 12.0 Å². The van der Waals surface area contributed by atoms with Crippen LogP contribution >= 0.6 is 0 Å². The van der Waals surface area contributed by atoms with Gasteiger partial charge >= 0.3 is 5.97 Å². The maximum absolute atomic E-state index is 10.6. The van der Waals surface area contributed by atoms with Crippen LogP contribution in [0.5, 0.6) is 5.75 Å². The van der Waals surface area contributed by atoms with Crippen molar-refractivity contribution in [3.63, 3.8) is 0 Å². The second-order valence-electron chi connectivity index (χ2n) is 4.39. The molecule has 1 aromatic carbocycles. The van der Waals surface area contributed by atoms with Crippen LogP contribution < -0.4 is 15.4 Å². The van der Waals surface area contributed by atoms with Crippen molar-refractivity contribution < 1.29 is 14.6 Å². The average molecular weight is 252 g/mol. The maximum atomic E-state index is 10.6. The first-order valence-electron chi connectivity index (χ1n) is 5.77. The van der Waals surface area contributed by atoms with E-state index in [1.165, 1.54) is 0 Å². The van der Waals surface area contributed by atoms with Gasteiger partial charge in [-0.25, -0.2) is 0 Å². The second kappa shape index (κ2) is 6.26. The minimum atomic E-state index is -0.873. The van der Waals surface area contributed by atoms with Crippen molar-refractivity contribution in [3.8, 4) is 5.75 Å². The fourth-order valence-electron chi connectivity index (χ4n) is 1.85. The predicted molar refractivity (Wildman–Crippen MR) is 71.2 cm³/mol. The first-order valence-corrected chi connectivity index (χ1v) is 5.77. The lowest BCUT2D eigenvalue weighted by molar-refractivity contribution is -0.137. The molecule has 5 heteroatoms. The van der Waals surface area contributed by atoms with Gasteiger partial charge in [0.05, 0.1) is 13.5 Å². The molecule has 1 atom stereocenters. The molecule has 0 aliphatic rings. The maximum Gasteiger partial charge on any atom is 0.304 e. The molecular formula is C13H20N2O3. The minimum absolute atomic E-state index is 0.0283. The number of methoxy groups -OCH3 is 1. The van der Waals surface area contributed by atoms with Crippen LogP contribution in [0.15, 0.2) is 18.2 Å². The minimum Gasteiger partial charge on any atom is -0.496 e. The first kappa shape index (κ1) is 14.3. The number of carbonyl (C=O) groups is 1. The lowest BCUT2D eigenvalue weighted by atomic mass is 10.1. The number of anilines is 1. The summed E-state index contributed by atoms with van der Waals surface area (Å²) in [6.45, 7) is 2.46. The molecule has 0 saturated carbocycles. The molecule has 1 rings (SSSR count).